The Morgan fingerprint density at radius 1 is 1.18 bits per heavy atom. The molecule has 0 unspecified atom stereocenters. The van der Waals surface area contributed by atoms with Gasteiger partial charge >= 0.3 is 0 Å². The quantitative estimate of drug-likeness (QED) is 0.374. The van der Waals surface area contributed by atoms with Gasteiger partial charge in [-0.05, 0) is 68.2 Å². The minimum atomic E-state index is -1.73. The number of Topliss-reactive ketones (excluding diaryl/α,β-unsaturated/α-hetero) is 1. The number of aryl methyl sites for hydroxylation is 1. The van der Waals surface area contributed by atoms with Crippen molar-refractivity contribution >= 4 is 22.6 Å². The number of aromatic nitrogens is 2. The number of halogens is 1. The van der Waals surface area contributed by atoms with Crippen LogP contribution < -0.4 is 10.9 Å². The summed E-state index contributed by atoms with van der Waals surface area (Å²) in [7, 11) is 0. The zero-order valence-electron chi connectivity index (χ0n) is 21.9. The smallest absolute Gasteiger partial charge is 0.254 e. The van der Waals surface area contributed by atoms with Crippen LogP contribution in [0.5, 0.6) is 0 Å². The summed E-state index contributed by atoms with van der Waals surface area (Å²) in [4.78, 5) is 44.4. The summed E-state index contributed by atoms with van der Waals surface area (Å²) >= 11 is 0. The van der Waals surface area contributed by atoms with Gasteiger partial charge in [0.1, 0.15) is 11.4 Å². The average molecular weight is 532 g/mol. The van der Waals surface area contributed by atoms with E-state index in [0.29, 0.717) is 59.3 Å². The number of pyridine rings is 2. The molecule has 8 nitrogen and oxygen atoms in total. The average Bonchev–Trinajstić information content (AvgIpc) is 3.27. The fourth-order valence-corrected chi connectivity index (χ4v) is 7.17. The lowest BCUT2D eigenvalue weighted by molar-refractivity contribution is -0.140. The number of ketones is 1. The van der Waals surface area contributed by atoms with Gasteiger partial charge in [-0.1, -0.05) is 6.92 Å². The predicted molar refractivity (Wildman–Crippen MR) is 141 cm³/mol. The number of rotatable bonds is 3. The molecule has 1 amide bonds. The maximum atomic E-state index is 15.0. The molecule has 1 saturated carbocycles. The van der Waals surface area contributed by atoms with Crippen LogP contribution in [-0.4, -0.2) is 37.6 Å². The first-order chi connectivity index (χ1) is 18.6. The summed E-state index contributed by atoms with van der Waals surface area (Å²) in [5.41, 5.74) is 3.37. The standard InChI is InChI=1S/C30H30FN3O5/c1-3-30(39)19-10-23-27-18(12-34(23)29(38)17(19)5-7-24(30)36)26-21(33-28(37)14-8-15(35)9-14)6-4-16-13(2)20(31)11-22(32-27)25(16)26/h10-11,14-15,21,35,39H,3-9,12H2,1-2H3,(H,33,37)/t14-,15+,21-,30-/m0/s1. The highest BCUT2D eigenvalue weighted by Gasteiger charge is 2.44. The van der Waals surface area contributed by atoms with Crippen molar-refractivity contribution in [3.8, 4) is 11.4 Å². The van der Waals surface area contributed by atoms with Crippen molar-refractivity contribution in [3.63, 3.8) is 0 Å². The Hall–Kier alpha value is -3.43. The minimum absolute atomic E-state index is 0.109. The Morgan fingerprint density at radius 3 is 2.67 bits per heavy atom. The summed E-state index contributed by atoms with van der Waals surface area (Å²) in [6, 6.07) is 2.78. The lowest BCUT2D eigenvalue weighted by atomic mass is 9.77. The van der Waals surface area contributed by atoms with Crippen molar-refractivity contribution in [2.45, 2.75) is 83.1 Å². The maximum absolute atomic E-state index is 15.0. The van der Waals surface area contributed by atoms with Gasteiger partial charge in [0, 0.05) is 40.5 Å². The van der Waals surface area contributed by atoms with Gasteiger partial charge < -0.3 is 20.1 Å². The second-order valence-electron chi connectivity index (χ2n) is 11.6. The highest BCUT2D eigenvalue weighted by atomic mass is 19.1. The van der Waals surface area contributed by atoms with Crippen molar-refractivity contribution in [1.29, 1.82) is 0 Å². The molecule has 3 heterocycles. The van der Waals surface area contributed by atoms with Gasteiger partial charge in [-0.25, -0.2) is 9.37 Å². The Balaban J connectivity index is 1.45. The van der Waals surface area contributed by atoms with E-state index in [0.717, 1.165) is 22.1 Å². The molecule has 3 N–H and O–H groups in total. The second kappa shape index (κ2) is 8.29. The van der Waals surface area contributed by atoms with E-state index in [-0.39, 0.29) is 60.8 Å². The minimum Gasteiger partial charge on any atom is -0.393 e. The van der Waals surface area contributed by atoms with Crippen molar-refractivity contribution in [1.82, 2.24) is 14.9 Å². The highest BCUT2D eigenvalue weighted by molar-refractivity contribution is 5.94. The van der Waals surface area contributed by atoms with Crippen LogP contribution in [0.4, 0.5) is 4.39 Å². The molecule has 39 heavy (non-hydrogen) atoms. The molecule has 202 valence electrons. The molecule has 3 aromatic rings. The van der Waals surface area contributed by atoms with Crippen LogP contribution in [-0.2, 0) is 34.6 Å². The third kappa shape index (κ3) is 3.29. The van der Waals surface area contributed by atoms with Crippen LogP contribution in [0.2, 0.25) is 0 Å². The number of aliphatic hydroxyl groups excluding tert-OH is 1. The number of hydrogen-bond donors (Lipinski definition) is 3. The zero-order chi connectivity index (χ0) is 27.4. The lowest BCUT2D eigenvalue weighted by Gasteiger charge is -2.34. The summed E-state index contributed by atoms with van der Waals surface area (Å²) in [5.74, 6) is -1.00. The molecular formula is C30H30FN3O5. The van der Waals surface area contributed by atoms with Gasteiger partial charge in [-0.15, -0.1) is 0 Å². The van der Waals surface area contributed by atoms with Crippen LogP contribution in [0, 0.1) is 18.7 Å². The molecule has 0 saturated heterocycles. The number of benzene rings is 1. The third-order valence-corrected chi connectivity index (χ3v) is 9.56. The fourth-order valence-electron chi connectivity index (χ4n) is 7.17. The first kappa shape index (κ1) is 24.6. The normalized spacial score (nSPS) is 26.6. The summed E-state index contributed by atoms with van der Waals surface area (Å²) < 4.78 is 16.7. The Kier molecular flexibility index (Phi) is 5.23. The van der Waals surface area contributed by atoms with Gasteiger partial charge in [-0.2, -0.15) is 0 Å². The van der Waals surface area contributed by atoms with E-state index in [1.54, 1.807) is 24.5 Å². The molecule has 7 rings (SSSR count). The van der Waals surface area contributed by atoms with Gasteiger partial charge in [0.25, 0.3) is 5.56 Å². The molecular weight excluding hydrogens is 501 g/mol. The van der Waals surface area contributed by atoms with Gasteiger partial charge in [-0.3, -0.25) is 14.4 Å². The molecule has 1 aliphatic heterocycles. The number of nitrogens with zero attached hydrogens (tertiary/aromatic N) is 2. The fraction of sp³-hybridized carbons (Fsp3) is 0.467. The summed E-state index contributed by atoms with van der Waals surface area (Å²) in [6.07, 6.45) is 2.13. The van der Waals surface area contributed by atoms with Crippen LogP contribution in [0.15, 0.2) is 16.9 Å². The van der Waals surface area contributed by atoms with Crippen molar-refractivity contribution < 1.29 is 24.2 Å². The monoisotopic (exact) mass is 531 g/mol. The number of amides is 1. The number of carbonyl (C=O) groups is 2. The van der Waals surface area contributed by atoms with Crippen LogP contribution >= 0.6 is 0 Å². The van der Waals surface area contributed by atoms with E-state index < -0.39 is 11.7 Å². The Morgan fingerprint density at radius 2 is 1.95 bits per heavy atom. The first-order valence-electron chi connectivity index (χ1n) is 13.8. The molecule has 0 spiro atoms. The molecule has 1 fully saturated rings. The largest absolute Gasteiger partial charge is 0.393 e. The van der Waals surface area contributed by atoms with Crippen molar-refractivity contribution in [2.24, 2.45) is 5.92 Å². The van der Waals surface area contributed by atoms with Crippen LogP contribution in [0.1, 0.15) is 78.5 Å². The Labute approximate surface area is 223 Å². The molecule has 0 bridgehead atoms. The first-order valence-corrected chi connectivity index (χ1v) is 13.8. The number of carbonyl (C=O) groups excluding carboxylic acids is 2. The molecule has 4 aliphatic rings. The maximum Gasteiger partial charge on any atom is 0.254 e. The Bertz CT molecular complexity index is 1690. The number of nitrogens with one attached hydrogen (secondary N) is 1. The van der Waals surface area contributed by atoms with Crippen molar-refractivity contribution in [2.75, 3.05) is 0 Å². The number of aliphatic hydroxyl groups is 2. The summed E-state index contributed by atoms with van der Waals surface area (Å²) in [6.45, 7) is 3.73. The van der Waals surface area contributed by atoms with E-state index in [1.165, 1.54) is 6.07 Å². The lowest BCUT2D eigenvalue weighted by Crippen LogP contribution is -2.43. The second-order valence-corrected chi connectivity index (χ2v) is 11.6. The molecule has 2 atom stereocenters. The van der Waals surface area contributed by atoms with E-state index in [4.69, 9.17) is 4.98 Å². The third-order valence-electron chi connectivity index (χ3n) is 9.56. The topological polar surface area (TPSA) is 122 Å². The number of fused-ring (bicyclic) bond motifs is 5. The van der Waals surface area contributed by atoms with Gasteiger partial charge in [0.15, 0.2) is 5.78 Å². The van der Waals surface area contributed by atoms with Crippen LogP contribution in [0.3, 0.4) is 0 Å². The van der Waals surface area contributed by atoms with E-state index >= 15 is 4.39 Å². The molecule has 3 aliphatic carbocycles. The van der Waals surface area contributed by atoms with Gasteiger partial charge in [0.2, 0.25) is 5.91 Å². The predicted octanol–water partition coefficient (Wildman–Crippen LogP) is 2.86. The van der Waals surface area contributed by atoms with E-state index in [1.807, 2.05) is 0 Å². The molecule has 0 radical (unpaired) electrons. The molecule has 9 heteroatoms. The van der Waals surface area contributed by atoms with E-state index in [9.17, 15) is 24.6 Å². The number of hydrogen-bond acceptors (Lipinski definition) is 6. The van der Waals surface area contributed by atoms with Crippen LogP contribution in [0.25, 0.3) is 22.3 Å². The SMILES string of the molecule is CC[C@@]1(O)C(=O)CCc2c1cc1n(c2=O)Cc2c-1nc1cc(F)c(C)c3c1c2[C@@H](NC(=O)[C@H]1C[C@@H](O)C1)CC3. The molecule has 1 aromatic carbocycles. The summed E-state index contributed by atoms with van der Waals surface area (Å²) in [5, 5.41) is 25.0. The van der Waals surface area contributed by atoms with Crippen molar-refractivity contribution in [3.05, 3.63) is 61.7 Å². The zero-order valence-corrected chi connectivity index (χ0v) is 21.9. The van der Waals surface area contributed by atoms with Gasteiger partial charge in [0.05, 0.1) is 35.6 Å². The molecule has 2 aromatic heterocycles. The highest BCUT2D eigenvalue weighted by Crippen LogP contribution is 2.46. The van der Waals surface area contributed by atoms with E-state index in [2.05, 4.69) is 5.32 Å².